The van der Waals surface area contributed by atoms with Gasteiger partial charge in [-0.15, -0.1) is 0 Å². The zero-order chi connectivity index (χ0) is 33.0. The van der Waals surface area contributed by atoms with E-state index in [1.165, 1.54) is 51.8 Å². The molecule has 0 amide bonds. The van der Waals surface area contributed by atoms with Crippen LogP contribution in [0.25, 0.3) is 0 Å². The van der Waals surface area contributed by atoms with Gasteiger partial charge in [0, 0.05) is 20.0 Å². The maximum Gasteiger partial charge on any atom is 0.303 e. The van der Waals surface area contributed by atoms with Gasteiger partial charge in [0.2, 0.25) is 0 Å². The number of esters is 1. The van der Waals surface area contributed by atoms with Gasteiger partial charge in [-0.3, -0.25) is 9.69 Å². The van der Waals surface area contributed by atoms with E-state index in [0.717, 1.165) is 56.9 Å². The summed E-state index contributed by atoms with van der Waals surface area (Å²) >= 11 is 0. The lowest BCUT2D eigenvalue weighted by Gasteiger charge is -2.60. The third-order valence-corrected chi connectivity index (χ3v) is 15.2. The fraction of sp³-hybridized carbons (Fsp3) is 0.895. The van der Waals surface area contributed by atoms with E-state index >= 15 is 0 Å². The lowest BCUT2D eigenvalue weighted by molar-refractivity contribution is -0.246. The number of aromatic nitrogens is 1. The molecule has 2 saturated heterocycles. The Kier molecular flexibility index (Phi) is 7.82. The molecular weight excluding hydrogens is 596 g/mol. The van der Waals surface area contributed by atoms with Gasteiger partial charge in [-0.05, 0) is 123 Å². The molecular formula is C38H58N2O7. The highest BCUT2D eigenvalue weighted by Crippen LogP contribution is 2.87. The number of nitrogens with zero attached hydrogens (tertiary/aromatic N) is 2. The molecule has 1 aromatic heterocycles. The van der Waals surface area contributed by atoms with Gasteiger partial charge in [-0.2, -0.15) is 0 Å². The maximum absolute atomic E-state index is 12.0. The van der Waals surface area contributed by atoms with Crippen LogP contribution in [-0.4, -0.2) is 77.0 Å². The zero-order valence-electron chi connectivity index (χ0n) is 29.5. The van der Waals surface area contributed by atoms with Crippen LogP contribution in [0.3, 0.4) is 0 Å². The second-order valence-electron chi connectivity index (χ2n) is 18.2. The molecule has 9 heteroatoms. The Labute approximate surface area is 280 Å². The standard InChI is InChI=1S/C38H58N2O7/c1-23(41)45-33(35(4,5)42)28-9-7-26-29(46-28)17-27-25-8-10-30-34(2,3)31(11-12-38(30)21-37(25,38)14-13-36(26,27)6)47-32-19-40(15-16-44-32)18-24-20-43-22-39-24/h20,22,25-33,42H,7-19,21H2,1-6H3/t25?,26?,27?,28?,29?,30?,31-,32?,33-,36?,37-,38+/m0/s1. The van der Waals surface area contributed by atoms with E-state index in [-0.39, 0.29) is 36.0 Å². The first-order chi connectivity index (χ1) is 22.3. The van der Waals surface area contributed by atoms with Crippen molar-refractivity contribution in [3.05, 3.63) is 18.4 Å². The number of ether oxygens (including phenoxy) is 4. The van der Waals surface area contributed by atoms with Crippen molar-refractivity contribution in [1.29, 1.82) is 0 Å². The summed E-state index contributed by atoms with van der Waals surface area (Å²) in [6.07, 6.45) is 14.6. The van der Waals surface area contributed by atoms with E-state index in [9.17, 15) is 9.90 Å². The molecule has 8 rings (SSSR count). The van der Waals surface area contributed by atoms with Gasteiger partial charge >= 0.3 is 5.97 Å². The molecule has 3 heterocycles. The number of carbonyl (C=O) groups excluding carboxylic acids is 1. The first-order valence-electron chi connectivity index (χ1n) is 18.7. The number of rotatable bonds is 7. The minimum atomic E-state index is -1.14. The van der Waals surface area contributed by atoms with Crippen LogP contribution in [0.15, 0.2) is 17.1 Å². The van der Waals surface area contributed by atoms with Crippen LogP contribution in [0.5, 0.6) is 0 Å². The van der Waals surface area contributed by atoms with Crippen LogP contribution in [0, 0.1) is 45.3 Å². The van der Waals surface area contributed by atoms with E-state index in [1.807, 2.05) is 0 Å². The van der Waals surface area contributed by atoms with Gasteiger partial charge in [0.25, 0.3) is 0 Å². The highest BCUT2D eigenvalue weighted by atomic mass is 16.7. The number of aliphatic hydroxyl groups is 1. The number of morpholine rings is 1. The van der Waals surface area contributed by atoms with Crippen LogP contribution in [0.1, 0.15) is 111 Å². The molecule has 47 heavy (non-hydrogen) atoms. The normalized spacial score (nSPS) is 46.3. The first kappa shape index (κ1) is 32.7. The molecule has 1 aromatic rings. The van der Waals surface area contributed by atoms with Gasteiger partial charge in [-0.25, -0.2) is 4.98 Å². The number of fused-ring (bicyclic) bond motifs is 4. The van der Waals surface area contributed by atoms with Crippen molar-refractivity contribution >= 4 is 5.97 Å². The lowest BCUT2D eigenvalue weighted by Crippen LogP contribution is -2.56. The predicted molar refractivity (Wildman–Crippen MR) is 174 cm³/mol. The van der Waals surface area contributed by atoms with Crippen LogP contribution in [0.4, 0.5) is 0 Å². The van der Waals surface area contributed by atoms with Crippen LogP contribution >= 0.6 is 0 Å². The Balaban J connectivity index is 0.952. The summed E-state index contributed by atoms with van der Waals surface area (Å²) in [7, 11) is 0. The molecule has 0 aromatic carbocycles. The molecule has 262 valence electrons. The summed E-state index contributed by atoms with van der Waals surface area (Å²) < 4.78 is 30.8. The molecule has 5 aliphatic carbocycles. The predicted octanol–water partition coefficient (Wildman–Crippen LogP) is 6.13. The van der Waals surface area contributed by atoms with Crippen molar-refractivity contribution in [3.8, 4) is 0 Å². The molecule has 8 unspecified atom stereocenters. The third-order valence-electron chi connectivity index (χ3n) is 15.2. The van der Waals surface area contributed by atoms with Crippen molar-refractivity contribution in [2.45, 2.75) is 149 Å². The van der Waals surface area contributed by atoms with Crippen molar-refractivity contribution in [2.75, 3.05) is 19.7 Å². The van der Waals surface area contributed by atoms with Crippen molar-refractivity contribution in [1.82, 2.24) is 9.88 Å². The molecule has 2 spiro atoms. The fourth-order valence-electron chi connectivity index (χ4n) is 13.2. The Hall–Kier alpha value is -1.52. The lowest BCUT2D eigenvalue weighted by atomic mass is 9.46. The Morgan fingerprint density at radius 3 is 2.64 bits per heavy atom. The zero-order valence-corrected chi connectivity index (χ0v) is 29.5. The summed E-state index contributed by atoms with van der Waals surface area (Å²) in [5.74, 6) is 2.33. The number of oxazole rings is 1. The van der Waals surface area contributed by atoms with Gasteiger partial charge in [0.1, 0.15) is 6.26 Å². The molecule has 9 nitrogen and oxygen atoms in total. The van der Waals surface area contributed by atoms with Crippen LogP contribution in [0.2, 0.25) is 0 Å². The minimum Gasteiger partial charge on any atom is -0.457 e. The summed E-state index contributed by atoms with van der Waals surface area (Å²) in [5, 5.41) is 10.9. The number of hydrogen-bond acceptors (Lipinski definition) is 9. The molecule has 1 N–H and O–H groups in total. The van der Waals surface area contributed by atoms with Crippen molar-refractivity contribution < 1.29 is 33.3 Å². The smallest absolute Gasteiger partial charge is 0.303 e. The molecule has 12 atom stereocenters. The van der Waals surface area contributed by atoms with E-state index in [0.29, 0.717) is 40.6 Å². The molecule has 0 radical (unpaired) electrons. The summed E-state index contributed by atoms with van der Waals surface area (Å²) in [6.45, 7) is 15.6. The summed E-state index contributed by atoms with van der Waals surface area (Å²) in [5.41, 5.74) is 1.15. The second-order valence-corrected chi connectivity index (χ2v) is 18.2. The van der Waals surface area contributed by atoms with E-state index in [1.54, 1.807) is 20.1 Å². The van der Waals surface area contributed by atoms with Crippen molar-refractivity contribution in [3.63, 3.8) is 0 Å². The van der Waals surface area contributed by atoms with Gasteiger partial charge < -0.3 is 28.5 Å². The maximum atomic E-state index is 12.0. The molecule has 2 aliphatic heterocycles. The molecule has 0 bridgehead atoms. The van der Waals surface area contributed by atoms with Gasteiger partial charge in [-0.1, -0.05) is 20.8 Å². The highest BCUT2D eigenvalue weighted by molar-refractivity contribution is 5.66. The van der Waals surface area contributed by atoms with Crippen molar-refractivity contribution in [2.24, 2.45) is 45.3 Å². The van der Waals surface area contributed by atoms with Gasteiger partial charge in [0.15, 0.2) is 18.8 Å². The van der Waals surface area contributed by atoms with E-state index in [4.69, 9.17) is 23.4 Å². The molecule has 7 fully saturated rings. The topological polar surface area (TPSA) is 103 Å². The summed E-state index contributed by atoms with van der Waals surface area (Å²) in [4.78, 5) is 18.6. The fourth-order valence-corrected chi connectivity index (χ4v) is 13.2. The minimum absolute atomic E-state index is 0.105. The van der Waals surface area contributed by atoms with Gasteiger partial charge in [0.05, 0.1) is 42.8 Å². The molecule has 5 saturated carbocycles. The molecule has 7 aliphatic rings. The SMILES string of the molecule is CC(=O)O[C@@H](C1CCC2C(CC3C4CCC5C(C)(C)[C@@H](OC6CN(Cc7cocn7)CCO6)CC[C@@]56C[C@@]46CCC23C)O1)C(C)(C)O. The van der Waals surface area contributed by atoms with Crippen LogP contribution < -0.4 is 0 Å². The first-order valence-corrected chi connectivity index (χ1v) is 18.7. The Morgan fingerprint density at radius 1 is 1.09 bits per heavy atom. The third kappa shape index (κ3) is 5.10. The number of carbonyl (C=O) groups is 1. The Bertz CT molecular complexity index is 1330. The monoisotopic (exact) mass is 654 g/mol. The highest BCUT2D eigenvalue weighted by Gasteiger charge is 2.80. The van der Waals surface area contributed by atoms with E-state index in [2.05, 4.69) is 30.7 Å². The van der Waals surface area contributed by atoms with E-state index < -0.39 is 11.7 Å². The van der Waals surface area contributed by atoms with Crippen LogP contribution in [-0.2, 0) is 30.3 Å². The second kappa shape index (κ2) is 11.2. The quantitative estimate of drug-likeness (QED) is 0.348. The number of hydrogen-bond donors (Lipinski definition) is 1. The largest absolute Gasteiger partial charge is 0.457 e. The average molecular weight is 655 g/mol. The summed E-state index contributed by atoms with van der Waals surface area (Å²) in [6, 6.07) is 0. The Morgan fingerprint density at radius 2 is 1.89 bits per heavy atom. The average Bonchev–Trinajstić information content (AvgIpc) is 3.23.